The van der Waals surface area contributed by atoms with Crippen molar-refractivity contribution in [3.8, 4) is 51.6 Å². The number of nitriles is 1. The molecule has 0 saturated heterocycles. The highest BCUT2D eigenvalue weighted by Gasteiger charge is 2.05. The maximum atomic E-state index is 8.98. The topological polar surface area (TPSA) is 86.5 Å². The summed E-state index contributed by atoms with van der Waals surface area (Å²) in [6.07, 6.45) is 21.3. The molecule has 56 heavy (non-hydrogen) atoms. The van der Waals surface area contributed by atoms with Gasteiger partial charge in [-0.15, -0.1) is 0 Å². The van der Waals surface area contributed by atoms with Gasteiger partial charge in [-0.1, -0.05) is 63.3 Å². The molecule has 0 aliphatic carbocycles. The molecule has 7 heteroatoms. The van der Waals surface area contributed by atoms with Crippen LogP contribution in [0, 0.1) is 11.3 Å². The van der Waals surface area contributed by atoms with Crippen molar-refractivity contribution >= 4 is 0 Å². The lowest BCUT2D eigenvalue weighted by Crippen LogP contribution is -2.01. The van der Waals surface area contributed by atoms with E-state index in [1.807, 2.05) is 97.3 Å². The highest BCUT2D eigenvalue weighted by atomic mass is 16.5. The smallest absolute Gasteiger partial charge is 0.159 e. The Morgan fingerprint density at radius 1 is 0.429 bits per heavy atom. The van der Waals surface area contributed by atoms with Gasteiger partial charge in [-0.2, -0.15) is 5.26 Å². The van der Waals surface area contributed by atoms with Crippen LogP contribution in [-0.4, -0.2) is 36.4 Å². The monoisotopic (exact) mass is 753 g/mol. The summed E-state index contributed by atoms with van der Waals surface area (Å²) in [4.78, 5) is 9.21. The standard InChI is InChI=1S/C49H59N3O4/c1-2-3-4-5-6-11-16-41-38-51-49(52-39-41)44-23-27-46(28-24-44)54-34-13-8-10-15-36-56-48-31-29-47(30-32-48)55-35-14-9-7-12-33-53-45-25-21-43(22-26-45)42-19-17-40(37-50)18-20-42/h17-32,38-39H,2-16,33-36H2,1H3. The summed E-state index contributed by atoms with van der Waals surface area (Å²) in [5, 5.41) is 8.98. The van der Waals surface area contributed by atoms with Crippen molar-refractivity contribution in [3.05, 3.63) is 121 Å². The Balaban J connectivity index is 0.828. The molecule has 0 aliphatic rings. The van der Waals surface area contributed by atoms with Gasteiger partial charge in [0.1, 0.15) is 23.0 Å². The van der Waals surface area contributed by atoms with E-state index < -0.39 is 0 Å². The molecule has 0 spiro atoms. The zero-order chi connectivity index (χ0) is 38.9. The van der Waals surface area contributed by atoms with E-state index in [1.165, 1.54) is 44.1 Å². The van der Waals surface area contributed by atoms with Gasteiger partial charge in [0.15, 0.2) is 5.82 Å². The van der Waals surface area contributed by atoms with E-state index >= 15 is 0 Å². The van der Waals surface area contributed by atoms with Crippen molar-refractivity contribution in [2.75, 3.05) is 26.4 Å². The molecular formula is C49H59N3O4. The second kappa shape index (κ2) is 24.9. The number of aryl methyl sites for hydroxylation is 1. The van der Waals surface area contributed by atoms with Crippen molar-refractivity contribution < 1.29 is 18.9 Å². The maximum absolute atomic E-state index is 8.98. The van der Waals surface area contributed by atoms with Crippen LogP contribution >= 0.6 is 0 Å². The Morgan fingerprint density at radius 3 is 1.21 bits per heavy atom. The number of aromatic nitrogens is 2. The number of ether oxygens (including phenoxy) is 4. The van der Waals surface area contributed by atoms with Crippen molar-refractivity contribution in [1.82, 2.24) is 9.97 Å². The fraction of sp³-hybridized carbons (Fsp3) is 0.408. The zero-order valence-corrected chi connectivity index (χ0v) is 33.3. The van der Waals surface area contributed by atoms with Crippen LogP contribution < -0.4 is 18.9 Å². The number of benzene rings is 4. The molecule has 1 heterocycles. The van der Waals surface area contributed by atoms with Crippen LogP contribution in [-0.2, 0) is 6.42 Å². The molecule has 5 rings (SSSR count). The van der Waals surface area contributed by atoms with Gasteiger partial charge >= 0.3 is 0 Å². The van der Waals surface area contributed by atoms with Crippen LogP contribution in [0.15, 0.2) is 109 Å². The molecule has 0 atom stereocenters. The lowest BCUT2D eigenvalue weighted by atomic mass is 10.0. The van der Waals surface area contributed by atoms with Gasteiger partial charge < -0.3 is 18.9 Å². The number of unbranched alkanes of at least 4 members (excludes halogenated alkanes) is 11. The number of hydrogen-bond acceptors (Lipinski definition) is 7. The normalized spacial score (nSPS) is 10.9. The van der Waals surface area contributed by atoms with E-state index in [4.69, 9.17) is 24.2 Å². The van der Waals surface area contributed by atoms with Crippen LogP contribution in [0.2, 0.25) is 0 Å². The molecule has 0 radical (unpaired) electrons. The summed E-state index contributed by atoms with van der Waals surface area (Å²) in [5.41, 5.74) is 5.10. The molecule has 1 aromatic heterocycles. The summed E-state index contributed by atoms with van der Waals surface area (Å²) in [6, 6.07) is 33.9. The van der Waals surface area contributed by atoms with E-state index in [2.05, 4.69) is 35.1 Å². The minimum Gasteiger partial charge on any atom is -0.494 e. The predicted molar refractivity (Wildman–Crippen MR) is 226 cm³/mol. The van der Waals surface area contributed by atoms with Gasteiger partial charge in [0, 0.05) is 18.0 Å². The average Bonchev–Trinajstić information content (AvgIpc) is 3.25. The molecule has 4 aromatic carbocycles. The molecule has 0 saturated carbocycles. The second-order valence-electron chi connectivity index (χ2n) is 14.4. The Bertz CT molecular complexity index is 1820. The summed E-state index contributed by atoms with van der Waals surface area (Å²) < 4.78 is 23.8. The Morgan fingerprint density at radius 2 is 0.786 bits per heavy atom. The van der Waals surface area contributed by atoms with Crippen LogP contribution in [0.4, 0.5) is 0 Å². The Kier molecular flexibility index (Phi) is 18.6. The first kappa shape index (κ1) is 41.8. The van der Waals surface area contributed by atoms with E-state index in [0.717, 1.165) is 103 Å². The van der Waals surface area contributed by atoms with Crippen LogP contribution in [0.1, 0.15) is 108 Å². The van der Waals surface area contributed by atoms with Crippen LogP contribution in [0.25, 0.3) is 22.5 Å². The highest BCUT2D eigenvalue weighted by molar-refractivity contribution is 5.65. The molecule has 294 valence electrons. The van der Waals surface area contributed by atoms with Crippen LogP contribution in [0.3, 0.4) is 0 Å². The SMILES string of the molecule is CCCCCCCCc1cnc(-c2ccc(OCCCCCCOc3ccc(OCCCCCCOc4ccc(-c5ccc(C#N)cc5)cc4)cc3)cc2)nc1. The molecule has 0 amide bonds. The van der Waals surface area contributed by atoms with E-state index in [0.29, 0.717) is 32.0 Å². The van der Waals surface area contributed by atoms with Gasteiger partial charge in [-0.25, -0.2) is 9.97 Å². The summed E-state index contributed by atoms with van der Waals surface area (Å²) in [7, 11) is 0. The molecule has 0 bridgehead atoms. The van der Waals surface area contributed by atoms with Crippen molar-refractivity contribution in [2.24, 2.45) is 0 Å². The minimum absolute atomic E-state index is 0.669. The lowest BCUT2D eigenvalue weighted by molar-refractivity contribution is 0.283. The first-order valence-electron chi connectivity index (χ1n) is 20.8. The molecule has 7 nitrogen and oxygen atoms in total. The van der Waals surface area contributed by atoms with Crippen molar-refractivity contribution in [1.29, 1.82) is 5.26 Å². The first-order valence-corrected chi connectivity index (χ1v) is 20.8. The van der Waals surface area contributed by atoms with Gasteiger partial charge in [0.05, 0.1) is 38.1 Å². The van der Waals surface area contributed by atoms with E-state index in [1.54, 1.807) is 0 Å². The molecule has 0 unspecified atom stereocenters. The van der Waals surface area contributed by atoms with E-state index in [-0.39, 0.29) is 0 Å². The fourth-order valence-electron chi connectivity index (χ4n) is 6.43. The third kappa shape index (κ3) is 15.4. The quantitative estimate of drug-likeness (QED) is 0.0493. The Hall–Kier alpha value is -5.35. The number of rotatable bonds is 27. The lowest BCUT2D eigenvalue weighted by Gasteiger charge is -2.10. The molecule has 5 aromatic rings. The van der Waals surface area contributed by atoms with Gasteiger partial charge in [0.25, 0.3) is 0 Å². The zero-order valence-electron chi connectivity index (χ0n) is 33.3. The highest BCUT2D eigenvalue weighted by Crippen LogP contribution is 2.24. The molecule has 0 N–H and O–H groups in total. The Labute approximate surface area is 335 Å². The summed E-state index contributed by atoms with van der Waals surface area (Å²) in [6.45, 7) is 5.08. The largest absolute Gasteiger partial charge is 0.494 e. The maximum Gasteiger partial charge on any atom is 0.159 e. The minimum atomic E-state index is 0.669. The van der Waals surface area contributed by atoms with Gasteiger partial charge in [-0.05, 0) is 154 Å². The summed E-state index contributed by atoms with van der Waals surface area (Å²) >= 11 is 0. The molecule has 0 fully saturated rings. The predicted octanol–water partition coefficient (Wildman–Crippen LogP) is 12.6. The molecular weight excluding hydrogens is 695 g/mol. The van der Waals surface area contributed by atoms with Crippen LogP contribution in [0.5, 0.6) is 23.0 Å². The summed E-state index contributed by atoms with van der Waals surface area (Å²) in [5.74, 6) is 4.27. The fourth-order valence-corrected chi connectivity index (χ4v) is 6.43. The third-order valence-electron chi connectivity index (χ3n) is 9.81. The molecule has 0 aliphatic heterocycles. The van der Waals surface area contributed by atoms with Crippen molar-refractivity contribution in [3.63, 3.8) is 0 Å². The average molecular weight is 754 g/mol. The van der Waals surface area contributed by atoms with Crippen molar-refractivity contribution in [2.45, 2.75) is 103 Å². The third-order valence-corrected chi connectivity index (χ3v) is 9.81. The second-order valence-corrected chi connectivity index (χ2v) is 14.4. The van der Waals surface area contributed by atoms with E-state index in [9.17, 15) is 0 Å². The van der Waals surface area contributed by atoms with Gasteiger partial charge in [-0.3, -0.25) is 0 Å². The first-order chi connectivity index (χ1) is 27.7. The van der Waals surface area contributed by atoms with Gasteiger partial charge in [0.2, 0.25) is 0 Å². The number of nitrogens with zero attached hydrogens (tertiary/aromatic N) is 3. The number of hydrogen-bond donors (Lipinski definition) is 0.